The second kappa shape index (κ2) is 4.63. The molecule has 2 heterocycles. The van der Waals surface area contributed by atoms with Crippen LogP contribution >= 0.6 is 0 Å². The van der Waals surface area contributed by atoms with Gasteiger partial charge in [-0.2, -0.15) is 0 Å². The zero-order chi connectivity index (χ0) is 9.97. The van der Waals surface area contributed by atoms with Gasteiger partial charge in [0.15, 0.2) is 0 Å². The summed E-state index contributed by atoms with van der Waals surface area (Å²) in [6, 6.07) is 0.829. The molecule has 2 aliphatic rings. The number of likely N-dealkylation sites (tertiary alicyclic amines) is 1. The summed E-state index contributed by atoms with van der Waals surface area (Å²) < 4.78 is 0. The van der Waals surface area contributed by atoms with Gasteiger partial charge in [-0.1, -0.05) is 20.3 Å². The highest BCUT2D eigenvalue weighted by Crippen LogP contribution is 2.24. The molecule has 2 nitrogen and oxygen atoms in total. The summed E-state index contributed by atoms with van der Waals surface area (Å²) in [4.78, 5) is 2.72. The summed E-state index contributed by atoms with van der Waals surface area (Å²) in [6.45, 7) is 9.85. The Balaban J connectivity index is 1.83. The molecule has 0 saturated carbocycles. The van der Waals surface area contributed by atoms with Crippen LogP contribution in [-0.2, 0) is 0 Å². The second-order valence-electron chi connectivity index (χ2n) is 5.21. The summed E-state index contributed by atoms with van der Waals surface area (Å²) in [5.41, 5.74) is 0. The van der Waals surface area contributed by atoms with Crippen molar-refractivity contribution in [3.8, 4) is 0 Å². The lowest BCUT2D eigenvalue weighted by Crippen LogP contribution is -2.47. The first-order valence-electron chi connectivity index (χ1n) is 6.24. The fourth-order valence-corrected chi connectivity index (χ4v) is 2.93. The van der Waals surface area contributed by atoms with E-state index in [0.717, 1.165) is 17.9 Å². The molecular formula is C12H24N2. The van der Waals surface area contributed by atoms with Crippen LogP contribution in [0, 0.1) is 11.8 Å². The van der Waals surface area contributed by atoms with Crippen molar-refractivity contribution in [1.29, 1.82) is 0 Å². The number of piperidine rings is 1. The maximum atomic E-state index is 3.55. The normalized spacial score (nSPS) is 40.3. The van der Waals surface area contributed by atoms with E-state index in [-0.39, 0.29) is 0 Å². The maximum Gasteiger partial charge on any atom is 0.0223 e. The predicted octanol–water partition coefficient (Wildman–Crippen LogP) is 1.72. The van der Waals surface area contributed by atoms with Gasteiger partial charge < -0.3 is 5.32 Å². The predicted molar refractivity (Wildman–Crippen MR) is 60.4 cm³/mol. The summed E-state index contributed by atoms with van der Waals surface area (Å²) in [5, 5.41) is 3.55. The molecule has 2 heteroatoms. The molecule has 2 rings (SSSR count). The van der Waals surface area contributed by atoms with E-state index in [2.05, 4.69) is 24.1 Å². The van der Waals surface area contributed by atoms with E-state index in [9.17, 15) is 0 Å². The molecule has 0 spiro atoms. The van der Waals surface area contributed by atoms with Gasteiger partial charge in [0, 0.05) is 19.1 Å². The van der Waals surface area contributed by atoms with Gasteiger partial charge in [-0.3, -0.25) is 4.90 Å². The molecule has 0 aromatic rings. The van der Waals surface area contributed by atoms with E-state index >= 15 is 0 Å². The number of nitrogens with one attached hydrogen (secondary N) is 1. The largest absolute Gasteiger partial charge is 0.315 e. The van der Waals surface area contributed by atoms with Gasteiger partial charge in [-0.05, 0) is 37.8 Å². The Morgan fingerprint density at radius 2 is 2.21 bits per heavy atom. The van der Waals surface area contributed by atoms with Crippen LogP contribution in [0.5, 0.6) is 0 Å². The number of hydrogen-bond donors (Lipinski definition) is 1. The third kappa shape index (κ3) is 2.29. The van der Waals surface area contributed by atoms with Crippen LogP contribution in [0.2, 0.25) is 0 Å². The van der Waals surface area contributed by atoms with Gasteiger partial charge in [0.2, 0.25) is 0 Å². The zero-order valence-corrected chi connectivity index (χ0v) is 9.63. The molecule has 0 radical (unpaired) electrons. The van der Waals surface area contributed by atoms with Crippen molar-refractivity contribution in [3.05, 3.63) is 0 Å². The maximum absolute atomic E-state index is 3.55. The molecule has 2 fully saturated rings. The van der Waals surface area contributed by atoms with Gasteiger partial charge in [0.05, 0.1) is 0 Å². The Morgan fingerprint density at radius 1 is 1.36 bits per heavy atom. The summed E-state index contributed by atoms with van der Waals surface area (Å²) in [5.74, 6) is 1.85. The molecule has 3 atom stereocenters. The Hall–Kier alpha value is -0.0800. The molecule has 3 unspecified atom stereocenters. The summed E-state index contributed by atoms with van der Waals surface area (Å²) in [7, 11) is 0. The SMILES string of the molecule is CCC1CCN(C2CNCC(C)C2)C1. The van der Waals surface area contributed by atoms with E-state index < -0.39 is 0 Å². The Bertz CT molecular complexity index is 181. The average Bonchev–Trinajstić information content (AvgIpc) is 2.66. The first-order chi connectivity index (χ1) is 6.79. The van der Waals surface area contributed by atoms with Gasteiger partial charge in [-0.15, -0.1) is 0 Å². The molecule has 0 bridgehead atoms. The lowest BCUT2D eigenvalue weighted by atomic mass is 9.96. The van der Waals surface area contributed by atoms with Crippen molar-refractivity contribution < 1.29 is 0 Å². The zero-order valence-electron chi connectivity index (χ0n) is 9.63. The third-order valence-electron chi connectivity index (χ3n) is 3.96. The Kier molecular flexibility index (Phi) is 3.45. The van der Waals surface area contributed by atoms with Crippen LogP contribution in [0.25, 0.3) is 0 Å². The standard InChI is InChI=1S/C12H24N2/c1-3-11-4-5-14(9-11)12-6-10(2)7-13-8-12/h10-13H,3-9H2,1-2H3. The second-order valence-corrected chi connectivity index (χ2v) is 5.21. The molecule has 0 amide bonds. The minimum atomic E-state index is 0.829. The quantitative estimate of drug-likeness (QED) is 0.723. The van der Waals surface area contributed by atoms with Crippen molar-refractivity contribution >= 4 is 0 Å². The number of nitrogens with zero attached hydrogens (tertiary/aromatic N) is 1. The van der Waals surface area contributed by atoms with E-state index in [0.29, 0.717) is 0 Å². The van der Waals surface area contributed by atoms with Gasteiger partial charge in [-0.25, -0.2) is 0 Å². The van der Waals surface area contributed by atoms with Crippen LogP contribution in [0.4, 0.5) is 0 Å². The fourth-order valence-electron chi connectivity index (χ4n) is 2.93. The highest BCUT2D eigenvalue weighted by molar-refractivity contribution is 4.86. The average molecular weight is 196 g/mol. The van der Waals surface area contributed by atoms with E-state index in [1.165, 1.54) is 45.4 Å². The van der Waals surface area contributed by atoms with Crippen LogP contribution < -0.4 is 5.32 Å². The van der Waals surface area contributed by atoms with E-state index in [4.69, 9.17) is 0 Å². The molecule has 0 aliphatic carbocycles. The van der Waals surface area contributed by atoms with Crippen molar-refractivity contribution in [2.75, 3.05) is 26.2 Å². The highest BCUT2D eigenvalue weighted by Gasteiger charge is 2.29. The minimum absolute atomic E-state index is 0.829. The fraction of sp³-hybridized carbons (Fsp3) is 1.00. The molecule has 14 heavy (non-hydrogen) atoms. The molecular weight excluding hydrogens is 172 g/mol. The highest BCUT2D eigenvalue weighted by atomic mass is 15.2. The van der Waals surface area contributed by atoms with Crippen LogP contribution in [0.1, 0.15) is 33.1 Å². The van der Waals surface area contributed by atoms with Crippen LogP contribution in [0.15, 0.2) is 0 Å². The van der Waals surface area contributed by atoms with Crippen LogP contribution in [0.3, 0.4) is 0 Å². The van der Waals surface area contributed by atoms with E-state index in [1.807, 2.05) is 0 Å². The number of hydrogen-bond acceptors (Lipinski definition) is 2. The van der Waals surface area contributed by atoms with Gasteiger partial charge in [0.25, 0.3) is 0 Å². The van der Waals surface area contributed by atoms with Crippen LogP contribution in [-0.4, -0.2) is 37.1 Å². The minimum Gasteiger partial charge on any atom is -0.315 e. The van der Waals surface area contributed by atoms with Crippen molar-refractivity contribution in [1.82, 2.24) is 10.2 Å². The van der Waals surface area contributed by atoms with Gasteiger partial charge in [0.1, 0.15) is 0 Å². The molecule has 0 aromatic carbocycles. The topological polar surface area (TPSA) is 15.3 Å². The van der Waals surface area contributed by atoms with Crippen molar-refractivity contribution in [2.24, 2.45) is 11.8 Å². The molecule has 82 valence electrons. The first-order valence-corrected chi connectivity index (χ1v) is 6.24. The van der Waals surface area contributed by atoms with E-state index in [1.54, 1.807) is 0 Å². The molecule has 1 N–H and O–H groups in total. The number of rotatable bonds is 2. The molecule has 2 saturated heterocycles. The third-order valence-corrected chi connectivity index (χ3v) is 3.96. The Morgan fingerprint density at radius 3 is 2.86 bits per heavy atom. The summed E-state index contributed by atoms with van der Waals surface area (Å²) >= 11 is 0. The lowest BCUT2D eigenvalue weighted by molar-refractivity contribution is 0.170. The monoisotopic (exact) mass is 196 g/mol. The summed E-state index contributed by atoms with van der Waals surface area (Å²) in [6.07, 6.45) is 4.21. The Labute approximate surface area is 88.1 Å². The van der Waals surface area contributed by atoms with Crippen molar-refractivity contribution in [2.45, 2.75) is 39.2 Å². The smallest absolute Gasteiger partial charge is 0.0223 e. The van der Waals surface area contributed by atoms with Crippen molar-refractivity contribution in [3.63, 3.8) is 0 Å². The first kappa shape index (κ1) is 10.4. The van der Waals surface area contributed by atoms with Gasteiger partial charge >= 0.3 is 0 Å². The molecule has 0 aromatic heterocycles. The lowest BCUT2D eigenvalue weighted by Gasteiger charge is -2.34. The molecule has 2 aliphatic heterocycles.